The molecule has 0 saturated heterocycles. The van der Waals surface area contributed by atoms with Crippen LogP contribution in [0.1, 0.15) is 351 Å². The molecule has 0 atom stereocenters. The summed E-state index contributed by atoms with van der Waals surface area (Å²) in [5, 5.41) is 0. The Morgan fingerprint density at radius 3 is 0.467 bits per heavy atom. The van der Waals surface area contributed by atoms with Crippen molar-refractivity contribution in [2.45, 2.75) is 379 Å². The highest BCUT2D eigenvalue weighted by Crippen LogP contribution is 2.32. The lowest BCUT2D eigenvalue weighted by atomic mass is 9.87. The summed E-state index contributed by atoms with van der Waals surface area (Å²) in [6, 6.07) is 40.4. The van der Waals surface area contributed by atoms with Crippen LogP contribution in [0.4, 0.5) is 23.5 Å². The molecule has 15 heteroatoms. The smallest absolute Gasteiger partial charge is 0.0576 e. The molecule has 0 heterocycles. The predicted octanol–water partition coefficient (Wildman–Crippen LogP) is 30.1. The monoisotopic (exact) mass is 1750 g/mol. The Balaban J connectivity index is 0.000000742. The molecule has 10 rings (SSSR count). The summed E-state index contributed by atoms with van der Waals surface area (Å²) in [4.78, 5) is 4.94. The summed E-state index contributed by atoms with van der Waals surface area (Å²) < 4.78 is 30.2. The number of halogens is 5. The first-order valence-electron chi connectivity index (χ1n) is 46.0. The fourth-order valence-electron chi connectivity index (χ4n) is 15.3. The van der Waals surface area contributed by atoms with E-state index in [1.165, 1.54) is 289 Å². The Kier molecular flexibility index (Phi) is 70.1. The first-order valence-corrected chi connectivity index (χ1v) is 48.2. The number of ether oxygens (including phenoxy) is 5. The van der Waals surface area contributed by atoms with Gasteiger partial charge in [0.1, 0.15) is 0 Å². The van der Waals surface area contributed by atoms with E-state index in [0.717, 1.165) is 85.3 Å². The Hall–Kier alpha value is -4.90. The van der Waals surface area contributed by atoms with E-state index in [9.17, 15) is 0 Å². The number of hydrogen-bond donors (Lipinski definition) is 5. The van der Waals surface area contributed by atoms with E-state index >= 15 is 0 Å². The lowest BCUT2D eigenvalue weighted by Gasteiger charge is -2.25. The molecule has 5 aliphatic carbocycles. The molecule has 670 valence electrons. The van der Waals surface area contributed by atoms with Crippen LogP contribution in [-0.4, -0.2) is 63.6 Å². The van der Waals surface area contributed by atoms with Crippen molar-refractivity contribution in [1.29, 1.82) is 0 Å². The lowest BCUT2D eigenvalue weighted by Crippen LogP contribution is -2.21. The molecule has 5 aliphatic rings. The van der Waals surface area contributed by atoms with Crippen molar-refractivity contribution in [3.8, 4) is 59.2 Å². The molecule has 0 aliphatic heterocycles. The van der Waals surface area contributed by atoms with Crippen molar-refractivity contribution in [2.24, 2.45) is 29.6 Å². The third-order valence-electron chi connectivity index (χ3n) is 22.8. The zero-order valence-corrected chi connectivity index (χ0v) is 78.5. The molecule has 120 heavy (non-hydrogen) atoms. The largest absolute Gasteiger partial charge is 0.378 e. The van der Waals surface area contributed by atoms with Crippen LogP contribution in [0.15, 0.2) is 146 Å². The topological polar surface area (TPSA) is 46.2 Å². The molecule has 0 aromatic heterocycles. The molecule has 0 unspecified atom stereocenters. The fraction of sp³-hybridized carbons (Fsp3) is 0.619. The third-order valence-corrected chi connectivity index (χ3v) is 24.3. The summed E-state index contributed by atoms with van der Waals surface area (Å²) >= 11 is 21.5. The highest BCUT2D eigenvalue weighted by Gasteiger charge is 2.25. The maximum atomic E-state index is 6.03. The van der Waals surface area contributed by atoms with Crippen LogP contribution in [-0.2, 0) is 23.7 Å². The maximum Gasteiger partial charge on any atom is 0.0576 e. The van der Waals surface area contributed by atoms with E-state index < -0.39 is 0 Å². The summed E-state index contributed by atoms with van der Waals surface area (Å²) in [6.45, 7) is 16.0. The molecule has 0 bridgehead atoms. The molecule has 0 spiro atoms. The molecular weight excluding hydrogens is 1600 g/mol. The zero-order chi connectivity index (χ0) is 81.7. The minimum absolute atomic E-state index is 0. The Morgan fingerprint density at radius 1 is 0.200 bits per heavy atom. The average molecular weight is 1750 g/mol. The summed E-state index contributed by atoms with van der Waals surface area (Å²) in [7, 11) is 0. The zero-order valence-electron chi connectivity index (χ0n) is 74.0. The summed E-state index contributed by atoms with van der Waals surface area (Å²) in [6.07, 6.45) is 58.7. The van der Waals surface area contributed by atoms with Gasteiger partial charge in [0.05, 0.1) is 30.5 Å². The molecule has 5 nitrogen and oxygen atoms in total. The van der Waals surface area contributed by atoms with Crippen LogP contribution < -0.4 is 0 Å². The molecule has 5 fully saturated rings. The first kappa shape index (κ1) is 113. The van der Waals surface area contributed by atoms with Gasteiger partial charge < -0.3 is 23.7 Å². The van der Waals surface area contributed by atoms with Gasteiger partial charge in [-0.25, -0.2) is 0 Å². The van der Waals surface area contributed by atoms with Crippen molar-refractivity contribution in [2.75, 3.05) is 33.0 Å². The molecule has 5 aromatic rings. The van der Waals surface area contributed by atoms with Crippen molar-refractivity contribution in [3.05, 3.63) is 149 Å². The van der Waals surface area contributed by atoms with E-state index in [4.69, 9.17) is 23.7 Å². The number of rotatable bonds is 35. The van der Waals surface area contributed by atoms with Gasteiger partial charge in [-0.05, 0) is 282 Å². The van der Waals surface area contributed by atoms with E-state index in [-0.39, 0.29) is 23.5 Å². The average Bonchev–Trinajstić information content (AvgIpc) is 0.908. The van der Waals surface area contributed by atoms with Crippen molar-refractivity contribution in [3.63, 3.8) is 0 Å². The Bertz CT molecular complexity index is 3030. The molecule has 0 radical (unpaired) electrons. The van der Waals surface area contributed by atoms with Crippen molar-refractivity contribution < 1.29 is 47.2 Å². The van der Waals surface area contributed by atoms with E-state index in [0.29, 0.717) is 60.1 Å². The van der Waals surface area contributed by atoms with Crippen LogP contribution in [0, 0.1) is 88.8 Å². The van der Waals surface area contributed by atoms with Crippen LogP contribution in [0.5, 0.6) is 0 Å². The summed E-state index contributed by atoms with van der Waals surface area (Å²) in [5.41, 5.74) is 5.45. The van der Waals surface area contributed by atoms with E-state index in [1.807, 2.05) is 121 Å². The van der Waals surface area contributed by atoms with Gasteiger partial charge in [-0.15, -0.1) is 63.1 Å². The van der Waals surface area contributed by atoms with Crippen LogP contribution in [0.2, 0.25) is 0 Å². The van der Waals surface area contributed by atoms with Gasteiger partial charge in [-0.2, -0.15) is 0 Å². The molecule has 0 N–H and O–H groups in total. The maximum absolute atomic E-state index is 6.03. The molecular formula is C105H155F5O5S5. The molecule has 5 saturated carbocycles. The second-order valence-electron chi connectivity index (χ2n) is 32.9. The van der Waals surface area contributed by atoms with Crippen molar-refractivity contribution >= 4 is 63.1 Å². The molecule has 0 amide bonds. The highest BCUT2D eigenvalue weighted by molar-refractivity contribution is 7.81. The van der Waals surface area contributed by atoms with Crippen LogP contribution in [0.25, 0.3) is 0 Å². The van der Waals surface area contributed by atoms with Gasteiger partial charge >= 0.3 is 0 Å². The summed E-state index contributed by atoms with van der Waals surface area (Å²) in [5.74, 6) is 36.4. The van der Waals surface area contributed by atoms with Crippen LogP contribution >= 0.6 is 63.1 Å². The highest BCUT2D eigenvalue weighted by atomic mass is 32.1. The number of hydrogen-bond acceptors (Lipinski definition) is 10. The van der Waals surface area contributed by atoms with Crippen molar-refractivity contribution in [1.82, 2.24) is 0 Å². The molecule has 5 aromatic carbocycles. The minimum Gasteiger partial charge on any atom is -0.378 e. The van der Waals surface area contributed by atoms with E-state index in [1.54, 1.807) is 0 Å². The first-order chi connectivity index (χ1) is 56.4. The minimum atomic E-state index is 0. The standard InChI is InChI=1S/5C21H30OS.5FH/c5*1-2-3-4-5-6-17-22-20-13-9-18(10-14-20)7-8-19-11-15-21(23)16-12-19;;;;;/h5*11-12,15-16,18,20,23H,2-6,9-10,13-14,17H2,1H3;5*1H. The Morgan fingerprint density at radius 2 is 0.333 bits per heavy atom. The number of benzene rings is 5. The number of thiol groups is 5. The van der Waals surface area contributed by atoms with Crippen LogP contribution in [0.3, 0.4) is 0 Å². The van der Waals surface area contributed by atoms with Gasteiger partial charge in [0.2, 0.25) is 0 Å². The second-order valence-corrected chi connectivity index (χ2v) is 35.5. The van der Waals surface area contributed by atoms with Gasteiger partial charge in [0.15, 0.2) is 0 Å². The van der Waals surface area contributed by atoms with Gasteiger partial charge in [0.25, 0.3) is 0 Å². The third kappa shape index (κ3) is 55.4. The van der Waals surface area contributed by atoms with Gasteiger partial charge in [-0.1, -0.05) is 222 Å². The van der Waals surface area contributed by atoms with Gasteiger partial charge in [-0.3, -0.25) is 23.5 Å². The normalized spacial score (nSPS) is 19.9. The fourth-order valence-corrected chi connectivity index (χ4v) is 16.0. The second kappa shape index (κ2) is 74.4. The SMILES string of the molecule is CCCCCCCOC1CCC(C#Cc2ccc(S)cc2)CC1.CCCCCCCOC1CCC(C#Cc2ccc(S)cc2)CC1.CCCCCCCOC1CCC(C#Cc2ccc(S)cc2)CC1.CCCCCCCOC1CCC(C#Cc2ccc(S)cc2)CC1.CCCCCCCOC1CCC(C#Cc2ccc(S)cc2)CC1.F.F.F.F.F. The lowest BCUT2D eigenvalue weighted by molar-refractivity contribution is 0.0208. The quantitative estimate of drug-likeness (QED) is 0.0121. The Labute approximate surface area is 754 Å². The van der Waals surface area contributed by atoms with Gasteiger partial charge in [0, 0.05) is 115 Å². The number of unbranched alkanes of at least 4 members (excludes halogenated alkanes) is 20. The predicted molar refractivity (Wildman–Crippen MR) is 518 cm³/mol. The van der Waals surface area contributed by atoms with E-state index in [2.05, 4.69) is 157 Å².